The Hall–Kier alpha value is -2.03. The van der Waals surface area contributed by atoms with Gasteiger partial charge in [-0.15, -0.1) is 0 Å². The predicted molar refractivity (Wildman–Crippen MR) is 130 cm³/mol. The highest BCUT2D eigenvalue weighted by Gasteiger charge is 2.15. The maximum Gasteiger partial charge on any atom is 0.261 e. The first-order valence-electron chi connectivity index (χ1n) is 8.57. The molecule has 0 bridgehead atoms. The number of hydrogen-bond acceptors (Lipinski definition) is 3. The van der Waals surface area contributed by atoms with Gasteiger partial charge in [0.25, 0.3) is 10.0 Å². The molecule has 0 aliphatic rings. The van der Waals surface area contributed by atoms with Gasteiger partial charge in [0, 0.05) is 16.4 Å². The number of halogens is 3. The Labute approximate surface area is 195 Å². The summed E-state index contributed by atoms with van der Waals surface area (Å²) in [5.74, 6) is 0. The van der Waals surface area contributed by atoms with Crippen LogP contribution in [-0.4, -0.2) is 13.5 Å². The average molecular weight is 501 g/mol. The average Bonchev–Trinajstić information content (AvgIpc) is 2.68. The highest BCUT2D eigenvalue weighted by atomic mass is 35.5. The van der Waals surface area contributed by atoms with Gasteiger partial charge in [-0.05, 0) is 79.3 Å². The molecule has 10 heteroatoms. The van der Waals surface area contributed by atoms with Gasteiger partial charge in [-0.25, -0.2) is 8.42 Å². The largest absolute Gasteiger partial charge is 0.332 e. The van der Waals surface area contributed by atoms with Crippen LogP contribution in [0.2, 0.25) is 15.1 Å². The second-order valence-corrected chi connectivity index (χ2v) is 9.56. The standard InChI is InChI=1S/C20H16Cl3N3O2S2/c1-12-16(21)3-2-4-19(12)25-20(29)24-13-5-8-15(9-6-13)30(27,28)26-14-7-10-17(22)18(23)11-14/h2-11,26H,1H3,(H2,24,25,29). The number of thiocarbonyl (C=S) groups is 1. The Morgan fingerprint density at radius 2 is 1.50 bits per heavy atom. The van der Waals surface area contributed by atoms with Crippen molar-refractivity contribution >= 4 is 79.2 Å². The van der Waals surface area contributed by atoms with E-state index in [9.17, 15) is 8.42 Å². The van der Waals surface area contributed by atoms with Crippen molar-refractivity contribution in [1.82, 2.24) is 0 Å². The summed E-state index contributed by atoms with van der Waals surface area (Å²) in [6.07, 6.45) is 0. The number of hydrogen-bond donors (Lipinski definition) is 3. The van der Waals surface area contributed by atoms with E-state index in [0.717, 1.165) is 11.3 Å². The summed E-state index contributed by atoms with van der Waals surface area (Å²) in [5, 5.41) is 7.66. The van der Waals surface area contributed by atoms with E-state index in [4.69, 9.17) is 47.0 Å². The first kappa shape index (κ1) is 22.7. The predicted octanol–water partition coefficient (Wildman–Crippen LogP) is 6.56. The lowest BCUT2D eigenvalue weighted by Crippen LogP contribution is -2.19. The molecule has 0 atom stereocenters. The fraction of sp³-hybridized carbons (Fsp3) is 0.0500. The number of rotatable bonds is 5. The van der Waals surface area contributed by atoms with Gasteiger partial charge in [0.15, 0.2) is 5.11 Å². The maximum absolute atomic E-state index is 12.6. The van der Waals surface area contributed by atoms with Crippen LogP contribution in [0.15, 0.2) is 65.6 Å². The third-order valence-electron chi connectivity index (χ3n) is 4.11. The topological polar surface area (TPSA) is 70.2 Å². The zero-order valence-corrected chi connectivity index (χ0v) is 19.4. The summed E-state index contributed by atoms with van der Waals surface area (Å²) in [6, 6.07) is 16.1. The van der Waals surface area contributed by atoms with Crippen LogP contribution in [0.3, 0.4) is 0 Å². The number of sulfonamides is 1. The molecule has 5 nitrogen and oxygen atoms in total. The molecule has 3 aromatic rings. The molecule has 0 fully saturated rings. The Morgan fingerprint density at radius 1 is 0.833 bits per heavy atom. The van der Waals surface area contributed by atoms with Crippen LogP contribution in [0.4, 0.5) is 17.1 Å². The molecular formula is C20H16Cl3N3O2S2. The molecule has 0 saturated heterocycles. The Morgan fingerprint density at radius 3 is 2.17 bits per heavy atom. The van der Waals surface area contributed by atoms with Crippen molar-refractivity contribution in [2.45, 2.75) is 11.8 Å². The Bertz CT molecular complexity index is 1200. The lowest BCUT2D eigenvalue weighted by atomic mass is 10.2. The van der Waals surface area contributed by atoms with E-state index in [1.54, 1.807) is 18.2 Å². The molecule has 0 unspecified atom stereocenters. The first-order chi connectivity index (χ1) is 14.2. The highest BCUT2D eigenvalue weighted by Crippen LogP contribution is 2.27. The second kappa shape index (κ2) is 9.41. The van der Waals surface area contributed by atoms with E-state index in [-0.39, 0.29) is 9.92 Å². The molecule has 156 valence electrons. The number of anilines is 3. The number of benzene rings is 3. The minimum absolute atomic E-state index is 0.0867. The molecule has 0 aromatic heterocycles. The number of nitrogens with one attached hydrogen (secondary N) is 3. The van der Waals surface area contributed by atoms with Gasteiger partial charge in [-0.3, -0.25) is 4.72 Å². The molecule has 0 saturated carbocycles. The van der Waals surface area contributed by atoms with Crippen LogP contribution in [0.5, 0.6) is 0 Å². The third-order valence-corrected chi connectivity index (χ3v) is 6.86. The van der Waals surface area contributed by atoms with Crippen LogP contribution in [0.1, 0.15) is 5.56 Å². The van der Waals surface area contributed by atoms with Crippen molar-refractivity contribution in [1.29, 1.82) is 0 Å². The lowest BCUT2D eigenvalue weighted by Gasteiger charge is -2.14. The van der Waals surface area contributed by atoms with Crippen LogP contribution >= 0.6 is 47.0 Å². The molecule has 30 heavy (non-hydrogen) atoms. The van der Waals surface area contributed by atoms with Gasteiger partial charge >= 0.3 is 0 Å². The van der Waals surface area contributed by atoms with Crippen LogP contribution in [0.25, 0.3) is 0 Å². The quantitative estimate of drug-likeness (QED) is 0.346. The van der Waals surface area contributed by atoms with E-state index in [1.165, 1.54) is 30.3 Å². The molecule has 0 amide bonds. The summed E-state index contributed by atoms with van der Waals surface area (Å²) in [6.45, 7) is 1.88. The molecule has 0 spiro atoms. The summed E-state index contributed by atoms with van der Waals surface area (Å²) in [5.41, 5.74) is 2.60. The molecule has 0 radical (unpaired) electrons. The molecule has 3 aromatic carbocycles. The van der Waals surface area contributed by atoms with E-state index < -0.39 is 10.0 Å². The van der Waals surface area contributed by atoms with Gasteiger partial charge in [0.05, 0.1) is 20.6 Å². The van der Waals surface area contributed by atoms with Crippen molar-refractivity contribution in [2.75, 3.05) is 15.4 Å². The van der Waals surface area contributed by atoms with Crippen molar-refractivity contribution in [3.05, 3.63) is 81.3 Å². The SMILES string of the molecule is Cc1c(Cl)cccc1NC(=S)Nc1ccc(S(=O)(=O)Nc2ccc(Cl)c(Cl)c2)cc1. The first-order valence-corrected chi connectivity index (χ1v) is 11.6. The third kappa shape index (κ3) is 5.56. The zero-order chi connectivity index (χ0) is 21.9. The van der Waals surface area contributed by atoms with Crippen molar-refractivity contribution in [3.8, 4) is 0 Å². The smallest absolute Gasteiger partial charge is 0.261 e. The zero-order valence-electron chi connectivity index (χ0n) is 15.5. The molecule has 0 aliphatic carbocycles. The van der Waals surface area contributed by atoms with Gasteiger partial charge in [-0.1, -0.05) is 40.9 Å². The van der Waals surface area contributed by atoms with Crippen LogP contribution < -0.4 is 15.4 Å². The van der Waals surface area contributed by atoms with Crippen molar-refractivity contribution < 1.29 is 8.42 Å². The van der Waals surface area contributed by atoms with E-state index in [0.29, 0.717) is 26.5 Å². The lowest BCUT2D eigenvalue weighted by molar-refractivity contribution is 0.601. The maximum atomic E-state index is 12.6. The fourth-order valence-electron chi connectivity index (χ4n) is 2.52. The summed E-state index contributed by atoms with van der Waals surface area (Å²) in [7, 11) is -3.79. The molecule has 0 aliphatic heterocycles. The van der Waals surface area contributed by atoms with Crippen molar-refractivity contribution in [2.24, 2.45) is 0 Å². The molecule has 3 rings (SSSR count). The fourth-order valence-corrected chi connectivity index (χ4v) is 4.27. The summed E-state index contributed by atoms with van der Waals surface area (Å²) >= 11 is 23.2. The molecular weight excluding hydrogens is 485 g/mol. The van der Waals surface area contributed by atoms with Gasteiger partial charge < -0.3 is 10.6 Å². The van der Waals surface area contributed by atoms with E-state index >= 15 is 0 Å². The van der Waals surface area contributed by atoms with Crippen molar-refractivity contribution in [3.63, 3.8) is 0 Å². The van der Waals surface area contributed by atoms with Crippen LogP contribution in [-0.2, 0) is 10.0 Å². The second-order valence-electron chi connectivity index (χ2n) is 6.25. The monoisotopic (exact) mass is 499 g/mol. The minimum atomic E-state index is -3.79. The van der Waals surface area contributed by atoms with Crippen LogP contribution in [0, 0.1) is 6.92 Å². The Kier molecular flexibility index (Phi) is 7.10. The Balaban J connectivity index is 1.68. The minimum Gasteiger partial charge on any atom is -0.332 e. The van der Waals surface area contributed by atoms with E-state index in [1.807, 2.05) is 19.1 Å². The molecule has 3 N–H and O–H groups in total. The van der Waals surface area contributed by atoms with Gasteiger partial charge in [0.2, 0.25) is 0 Å². The normalized spacial score (nSPS) is 11.1. The molecule has 0 heterocycles. The summed E-state index contributed by atoms with van der Waals surface area (Å²) < 4.78 is 27.6. The van der Waals surface area contributed by atoms with E-state index in [2.05, 4.69) is 15.4 Å². The van der Waals surface area contributed by atoms with Gasteiger partial charge in [0.1, 0.15) is 0 Å². The highest BCUT2D eigenvalue weighted by molar-refractivity contribution is 7.92. The summed E-state index contributed by atoms with van der Waals surface area (Å²) in [4.78, 5) is 0.0867. The van der Waals surface area contributed by atoms with Gasteiger partial charge in [-0.2, -0.15) is 0 Å².